The molecule has 1 heterocycles. The van der Waals surface area contributed by atoms with Gasteiger partial charge in [-0.3, -0.25) is 4.18 Å². The van der Waals surface area contributed by atoms with E-state index in [0.29, 0.717) is 0 Å². The van der Waals surface area contributed by atoms with Gasteiger partial charge in [0.25, 0.3) is 0 Å². The second-order valence-corrected chi connectivity index (χ2v) is 4.41. The molecule has 1 aliphatic carbocycles. The van der Waals surface area contributed by atoms with Gasteiger partial charge in [-0.05, 0) is 28.1 Å². The van der Waals surface area contributed by atoms with Crippen molar-refractivity contribution in [2.24, 2.45) is 4.40 Å². The Balaban J connectivity index is 2.40. The van der Waals surface area contributed by atoms with Crippen molar-refractivity contribution in [1.29, 1.82) is 0 Å². The normalized spacial score (nSPS) is 28.9. The fraction of sp³-hybridized carbons (Fsp3) is 0.167. The molecular formula is C6H3Br2NOS. The third-order valence-corrected chi connectivity index (χ3v) is 3.06. The number of halogens is 2. The van der Waals surface area contributed by atoms with Crippen molar-refractivity contribution < 1.29 is 4.18 Å². The summed E-state index contributed by atoms with van der Waals surface area (Å²) >= 11 is 7.91. The quantitative estimate of drug-likeness (QED) is 0.506. The van der Waals surface area contributed by atoms with Crippen LogP contribution in [0.15, 0.2) is 25.5 Å². The van der Waals surface area contributed by atoms with E-state index < -0.39 is 0 Å². The summed E-state index contributed by atoms with van der Waals surface area (Å²) in [5, 5.41) is 0. The topological polar surface area (TPSA) is 21.6 Å². The SMILES string of the molecule is BrC1=CC2OSN=C2C(Br)=C1. The van der Waals surface area contributed by atoms with E-state index in [0.717, 1.165) is 26.9 Å². The molecule has 0 N–H and O–H groups in total. The lowest BCUT2D eigenvalue weighted by Gasteiger charge is -2.10. The molecule has 1 atom stereocenters. The van der Waals surface area contributed by atoms with E-state index in [4.69, 9.17) is 4.18 Å². The van der Waals surface area contributed by atoms with Gasteiger partial charge in [0.05, 0.1) is 5.71 Å². The molecule has 1 aliphatic heterocycles. The summed E-state index contributed by atoms with van der Waals surface area (Å²) in [6.45, 7) is 0. The number of fused-ring (bicyclic) bond motifs is 1. The maximum atomic E-state index is 5.23. The van der Waals surface area contributed by atoms with Crippen LogP contribution in [0.2, 0.25) is 0 Å². The zero-order valence-corrected chi connectivity index (χ0v) is 9.24. The Hall–Kier alpha value is 0.420. The van der Waals surface area contributed by atoms with Crippen molar-refractivity contribution in [3.63, 3.8) is 0 Å². The molecule has 58 valence electrons. The third kappa shape index (κ3) is 1.47. The summed E-state index contributed by atoms with van der Waals surface area (Å²) in [5.74, 6) is 0. The smallest absolute Gasteiger partial charge is 0.137 e. The molecule has 0 aromatic rings. The molecule has 0 saturated heterocycles. The van der Waals surface area contributed by atoms with Gasteiger partial charge in [0, 0.05) is 8.96 Å². The monoisotopic (exact) mass is 295 g/mol. The summed E-state index contributed by atoms with van der Waals surface area (Å²) in [6, 6.07) is 0. The molecule has 2 aliphatic rings. The van der Waals surface area contributed by atoms with E-state index in [1.165, 1.54) is 0 Å². The highest BCUT2D eigenvalue weighted by Gasteiger charge is 2.26. The van der Waals surface area contributed by atoms with Gasteiger partial charge < -0.3 is 0 Å². The Labute approximate surface area is 85.4 Å². The molecule has 1 unspecified atom stereocenters. The first-order valence-electron chi connectivity index (χ1n) is 2.92. The first-order valence-corrected chi connectivity index (χ1v) is 5.21. The van der Waals surface area contributed by atoms with Gasteiger partial charge in [0.15, 0.2) is 0 Å². The number of rotatable bonds is 0. The predicted molar refractivity (Wildman–Crippen MR) is 53.9 cm³/mol. The molecule has 2 rings (SSSR count). The molecule has 0 saturated carbocycles. The van der Waals surface area contributed by atoms with Crippen molar-refractivity contribution in [3.05, 3.63) is 21.1 Å². The number of nitrogens with zero attached hydrogens (tertiary/aromatic N) is 1. The number of allylic oxidation sites excluding steroid dienone is 2. The summed E-state index contributed by atoms with van der Waals surface area (Å²) in [6.07, 6.45) is 3.95. The molecule has 0 fully saturated rings. The summed E-state index contributed by atoms with van der Waals surface area (Å²) < 4.78 is 11.3. The Morgan fingerprint density at radius 3 is 3.18 bits per heavy atom. The van der Waals surface area contributed by atoms with E-state index in [9.17, 15) is 0 Å². The van der Waals surface area contributed by atoms with Crippen LogP contribution in [0, 0.1) is 0 Å². The summed E-state index contributed by atoms with van der Waals surface area (Å²) in [5.41, 5.74) is 0.957. The molecule has 0 aromatic heterocycles. The van der Waals surface area contributed by atoms with Crippen LogP contribution in [0.3, 0.4) is 0 Å². The highest BCUT2D eigenvalue weighted by Crippen LogP contribution is 2.33. The average molecular weight is 297 g/mol. The minimum atomic E-state index is 0.00810. The molecule has 0 aromatic carbocycles. The van der Waals surface area contributed by atoms with Gasteiger partial charge in [-0.15, -0.1) is 0 Å². The van der Waals surface area contributed by atoms with Crippen molar-refractivity contribution in [3.8, 4) is 0 Å². The molecule has 0 amide bonds. The lowest BCUT2D eigenvalue weighted by atomic mass is 10.1. The largest absolute Gasteiger partial charge is 0.281 e. The standard InChI is InChI=1S/C6H3Br2NOS/c7-3-1-4(8)6-5(2-3)10-11-9-6/h1-2,5H. The van der Waals surface area contributed by atoms with Crippen molar-refractivity contribution in [2.75, 3.05) is 0 Å². The van der Waals surface area contributed by atoms with Crippen molar-refractivity contribution >= 4 is 49.8 Å². The van der Waals surface area contributed by atoms with Crippen LogP contribution in [0.1, 0.15) is 0 Å². The lowest BCUT2D eigenvalue weighted by molar-refractivity contribution is 0.382. The van der Waals surface area contributed by atoms with Gasteiger partial charge in [0.2, 0.25) is 0 Å². The second-order valence-electron chi connectivity index (χ2n) is 2.11. The molecule has 11 heavy (non-hydrogen) atoms. The predicted octanol–water partition coefficient (Wildman–Crippen LogP) is 2.96. The van der Waals surface area contributed by atoms with E-state index >= 15 is 0 Å². The van der Waals surface area contributed by atoms with Crippen LogP contribution in [-0.4, -0.2) is 11.8 Å². The highest BCUT2D eigenvalue weighted by atomic mass is 79.9. The Bertz CT molecular complexity index is 284. The number of hydrogen-bond donors (Lipinski definition) is 0. The van der Waals surface area contributed by atoms with Gasteiger partial charge in [-0.1, -0.05) is 15.9 Å². The molecule has 0 radical (unpaired) electrons. The Morgan fingerprint density at radius 2 is 2.36 bits per heavy atom. The first kappa shape index (κ1) is 8.04. The van der Waals surface area contributed by atoms with Crippen molar-refractivity contribution in [1.82, 2.24) is 0 Å². The van der Waals surface area contributed by atoms with Gasteiger partial charge in [-0.25, -0.2) is 0 Å². The highest BCUT2D eigenvalue weighted by molar-refractivity contribution is 9.12. The van der Waals surface area contributed by atoms with Crippen LogP contribution in [0.4, 0.5) is 0 Å². The minimum absolute atomic E-state index is 0.00810. The van der Waals surface area contributed by atoms with Gasteiger partial charge in [-0.2, -0.15) is 4.40 Å². The lowest BCUT2D eigenvalue weighted by Crippen LogP contribution is -2.18. The summed E-state index contributed by atoms with van der Waals surface area (Å²) in [7, 11) is 0. The van der Waals surface area contributed by atoms with Crippen molar-refractivity contribution in [2.45, 2.75) is 6.10 Å². The molecular weight excluding hydrogens is 294 g/mol. The van der Waals surface area contributed by atoms with Crippen LogP contribution in [0.25, 0.3) is 0 Å². The minimum Gasteiger partial charge on any atom is -0.281 e. The average Bonchev–Trinajstić information content (AvgIpc) is 2.34. The van der Waals surface area contributed by atoms with E-state index in [-0.39, 0.29) is 6.10 Å². The fourth-order valence-electron chi connectivity index (χ4n) is 0.879. The first-order chi connectivity index (χ1) is 5.27. The van der Waals surface area contributed by atoms with E-state index in [1.807, 2.05) is 12.2 Å². The Morgan fingerprint density at radius 1 is 1.55 bits per heavy atom. The maximum absolute atomic E-state index is 5.23. The Kier molecular flexibility index (Phi) is 2.23. The summed E-state index contributed by atoms with van der Waals surface area (Å²) in [4.78, 5) is 0. The van der Waals surface area contributed by atoms with Crippen LogP contribution >= 0.6 is 44.1 Å². The fourth-order valence-corrected chi connectivity index (χ4v) is 2.90. The molecule has 5 heteroatoms. The number of hydrogen-bond acceptors (Lipinski definition) is 3. The van der Waals surface area contributed by atoms with Gasteiger partial charge >= 0.3 is 0 Å². The zero-order chi connectivity index (χ0) is 7.84. The molecule has 2 nitrogen and oxygen atoms in total. The van der Waals surface area contributed by atoms with Gasteiger partial charge in [0.1, 0.15) is 18.3 Å². The van der Waals surface area contributed by atoms with Crippen LogP contribution in [-0.2, 0) is 4.18 Å². The van der Waals surface area contributed by atoms with E-state index in [2.05, 4.69) is 36.3 Å². The molecule has 0 spiro atoms. The van der Waals surface area contributed by atoms with Crippen LogP contribution < -0.4 is 0 Å². The zero-order valence-electron chi connectivity index (χ0n) is 5.25. The van der Waals surface area contributed by atoms with E-state index in [1.54, 1.807) is 0 Å². The third-order valence-electron chi connectivity index (χ3n) is 1.37. The molecule has 0 bridgehead atoms. The maximum Gasteiger partial charge on any atom is 0.137 e. The second kappa shape index (κ2) is 3.05. The van der Waals surface area contributed by atoms with Crippen LogP contribution in [0.5, 0.6) is 0 Å².